The van der Waals surface area contributed by atoms with Crippen molar-refractivity contribution in [3.05, 3.63) is 0 Å². The minimum absolute atomic E-state index is 0. The largest absolute Gasteiger partial charge is 0.480 e. The van der Waals surface area contributed by atoms with Crippen molar-refractivity contribution in [2.45, 2.75) is 37.8 Å². The minimum Gasteiger partial charge on any atom is -0.480 e. The molecule has 0 aromatic heterocycles. The van der Waals surface area contributed by atoms with Gasteiger partial charge in [-0.3, -0.25) is 9.59 Å². The van der Waals surface area contributed by atoms with Gasteiger partial charge in [-0.2, -0.15) is 0 Å². The summed E-state index contributed by atoms with van der Waals surface area (Å²) in [5.74, 6) is -1.44. The van der Waals surface area contributed by atoms with E-state index >= 15 is 0 Å². The van der Waals surface area contributed by atoms with E-state index in [1.807, 2.05) is 0 Å². The van der Waals surface area contributed by atoms with Gasteiger partial charge in [0.1, 0.15) is 12.1 Å². The number of hydrogen-bond acceptors (Lipinski definition) is 4. The summed E-state index contributed by atoms with van der Waals surface area (Å²) in [7, 11) is 0. The maximum atomic E-state index is 10.1. The van der Waals surface area contributed by atoms with Gasteiger partial charge in [-0.25, -0.2) is 0 Å². The van der Waals surface area contributed by atoms with Crippen LogP contribution in [0.4, 0.5) is 0 Å². The topological polar surface area (TPSA) is 98.7 Å². The zero-order valence-electron chi connectivity index (χ0n) is 9.46. The van der Waals surface area contributed by atoms with Gasteiger partial charge in [-0.15, -0.1) is 0 Å². The molecular weight excluding hydrogens is 268 g/mol. The van der Waals surface area contributed by atoms with E-state index in [2.05, 4.69) is 10.6 Å². The van der Waals surface area contributed by atoms with Gasteiger partial charge in [0.05, 0.1) is 0 Å². The van der Waals surface area contributed by atoms with Crippen molar-refractivity contribution in [1.29, 1.82) is 0 Å². The Kier molecular flexibility index (Phi) is 8.16. The van der Waals surface area contributed by atoms with E-state index in [9.17, 15) is 9.59 Å². The van der Waals surface area contributed by atoms with Crippen LogP contribution in [0.2, 0.25) is 0 Å². The summed E-state index contributed by atoms with van der Waals surface area (Å²) in [5, 5.41) is 22.4. The first-order chi connectivity index (χ1) is 7.61. The Labute approximate surface area is 111 Å². The third-order valence-electron chi connectivity index (χ3n) is 2.72. The van der Waals surface area contributed by atoms with E-state index in [0.29, 0.717) is 0 Å². The zero-order chi connectivity index (χ0) is 12.0. The molecule has 0 aromatic carbocycles. The average molecular weight is 286 g/mol. The van der Waals surface area contributed by atoms with Crippen LogP contribution in [-0.2, 0) is 26.7 Å². The molecule has 6 nitrogen and oxygen atoms in total. The Bertz CT molecular complexity index is 225. The van der Waals surface area contributed by atoms with Gasteiger partial charge in [0.25, 0.3) is 0 Å². The number of carboxylic acid groups (broad SMARTS) is 2. The van der Waals surface area contributed by atoms with Crippen molar-refractivity contribution in [2.75, 3.05) is 13.1 Å². The second-order valence-corrected chi connectivity index (χ2v) is 3.97. The summed E-state index contributed by atoms with van der Waals surface area (Å²) in [6.07, 6.45) is 3.57. The smallest absolute Gasteiger partial charge is 0.320 e. The molecule has 100 valence electrons. The molecule has 17 heavy (non-hydrogen) atoms. The molecule has 2 aliphatic rings. The molecule has 0 aliphatic carbocycles. The number of carbonyl (C=O) groups is 2. The van der Waals surface area contributed by atoms with Crippen molar-refractivity contribution in [1.82, 2.24) is 10.6 Å². The molecule has 0 spiro atoms. The minimum atomic E-state index is -0.720. The van der Waals surface area contributed by atoms with E-state index in [4.69, 9.17) is 10.2 Å². The summed E-state index contributed by atoms with van der Waals surface area (Å²) >= 11 is 0. The van der Waals surface area contributed by atoms with Crippen LogP contribution in [0.1, 0.15) is 25.7 Å². The van der Waals surface area contributed by atoms with E-state index < -0.39 is 11.9 Å². The van der Waals surface area contributed by atoms with Gasteiger partial charge in [-0.05, 0) is 38.8 Å². The number of nitrogens with one attached hydrogen (secondary N) is 2. The van der Waals surface area contributed by atoms with Gasteiger partial charge in [0.2, 0.25) is 0 Å². The fourth-order valence-corrected chi connectivity index (χ4v) is 1.79. The van der Waals surface area contributed by atoms with E-state index in [-0.39, 0.29) is 29.2 Å². The normalized spacial score (nSPS) is 26.6. The van der Waals surface area contributed by atoms with E-state index in [1.54, 1.807) is 0 Å². The molecule has 0 saturated carbocycles. The molecule has 2 fully saturated rings. The van der Waals surface area contributed by atoms with Crippen LogP contribution in [0, 0.1) is 0 Å². The molecule has 2 atom stereocenters. The fraction of sp³-hybridized carbons (Fsp3) is 0.800. The summed E-state index contributed by atoms with van der Waals surface area (Å²) in [6.45, 7) is 1.72. The standard InChI is InChI=1S/2C5H9NO2.Fe/c2*7-5(8)4-2-1-3-6-4;/h2*4,6H,1-3H2,(H,7,8);/t2*4-;/m00./s1. The van der Waals surface area contributed by atoms with Gasteiger partial charge >= 0.3 is 11.9 Å². The Hall–Kier alpha value is -0.621. The van der Waals surface area contributed by atoms with Crippen LogP contribution in [0.3, 0.4) is 0 Å². The molecule has 0 unspecified atom stereocenters. The van der Waals surface area contributed by atoms with E-state index in [0.717, 1.165) is 38.8 Å². The molecule has 0 amide bonds. The molecule has 0 bridgehead atoms. The van der Waals surface area contributed by atoms with Gasteiger partial charge in [-0.1, -0.05) is 0 Å². The fourth-order valence-electron chi connectivity index (χ4n) is 1.79. The van der Waals surface area contributed by atoms with E-state index in [1.165, 1.54) is 0 Å². The number of hydrogen-bond donors (Lipinski definition) is 4. The van der Waals surface area contributed by atoms with Crippen molar-refractivity contribution < 1.29 is 36.9 Å². The Morgan fingerprint density at radius 3 is 1.35 bits per heavy atom. The van der Waals surface area contributed by atoms with Crippen LogP contribution in [-0.4, -0.2) is 47.3 Å². The van der Waals surface area contributed by atoms with Gasteiger partial charge in [0, 0.05) is 17.1 Å². The van der Waals surface area contributed by atoms with Crippen LogP contribution < -0.4 is 10.6 Å². The van der Waals surface area contributed by atoms with Crippen LogP contribution >= 0.6 is 0 Å². The zero-order valence-corrected chi connectivity index (χ0v) is 10.6. The molecule has 0 radical (unpaired) electrons. The summed E-state index contributed by atoms with van der Waals surface area (Å²) < 4.78 is 0. The summed E-state index contributed by atoms with van der Waals surface area (Å²) in [6, 6.07) is -0.537. The molecule has 2 heterocycles. The number of rotatable bonds is 2. The van der Waals surface area contributed by atoms with Crippen LogP contribution in [0.25, 0.3) is 0 Å². The summed E-state index contributed by atoms with van der Waals surface area (Å²) in [4.78, 5) is 20.3. The Balaban J connectivity index is 0.000000284. The van der Waals surface area contributed by atoms with Crippen molar-refractivity contribution in [2.24, 2.45) is 0 Å². The Morgan fingerprint density at radius 2 is 1.24 bits per heavy atom. The second-order valence-electron chi connectivity index (χ2n) is 3.97. The molecule has 0 aromatic rings. The molecule has 2 saturated heterocycles. The second kappa shape index (κ2) is 8.47. The third kappa shape index (κ3) is 6.02. The predicted octanol–water partition coefficient (Wildman–Crippen LogP) is -0.356. The molecule has 4 N–H and O–H groups in total. The quantitative estimate of drug-likeness (QED) is 0.518. The first-order valence-electron chi connectivity index (χ1n) is 5.53. The van der Waals surface area contributed by atoms with Crippen molar-refractivity contribution in [3.8, 4) is 0 Å². The summed E-state index contributed by atoms with van der Waals surface area (Å²) in [5.41, 5.74) is 0. The monoisotopic (exact) mass is 286 g/mol. The predicted molar refractivity (Wildman–Crippen MR) is 57.3 cm³/mol. The third-order valence-corrected chi connectivity index (χ3v) is 2.72. The maximum Gasteiger partial charge on any atom is 0.320 e. The number of aliphatic carboxylic acids is 2. The SMILES string of the molecule is O=C(O)[C@@H]1CCCN1.O=C(O)[C@@H]1CCCN1.[Fe]. The molecule has 2 aliphatic heterocycles. The van der Waals surface area contributed by atoms with Gasteiger partial charge in [0.15, 0.2) is 0 Å². The maximum absolute atomic E-state index is 10.1. The van der Waals surface area contributed by atoms with Crippen LogP contribution in [0.5, 0.6) is 0 Å². The average Bonchev–Trinajstić information content (AvgIpc) is 2.93. The molecule has 7 heteroatoms. The first-order valence-corrected chi connectivity index (χ1v) is 5.53. The van der Waals surface area contributed by atoms with Crippen molar-refractivity contribution >= 4 is 11.9 Å². The van der Waals surface area contributed by atoms with Crippen LogP contribution in [0.15, 0.2) is 0 Å². The molecular formula is C10H18FeN2O4. The molecule has 2 rings (SSSR count). The van der Waals surface area contributed by atoms with Gasteiger partial charge < -0.3 is 20.8 Å². The number of carboxylic acids is 2. The van der Waals surface area contributed by atoms with Crippen molar-refractivity contribution in [3.63, 3.8) is 0 Å². The Morgan fingerprint density at radius 1 is 0.882 bits per heavy atom. The first kappa shape index (κ1) is 16.4.